The van der Waals surface area contributed by atoms with E-state index in [1.165, 1.54) is 0 Å². The van der Waals surface area contributed by atoms with E-state index in [2.05, 4.69) is 5.10 Å². The lowest BCUT2D eigenvalue weighted by Crippen LogP contribution is -2.07. The molecule has 0 aliphatic carbocycles. The van der Waals surface area contributed by atoms with E-state index in [9.17, 15) is 39.2 Å². The molecule has 3 aromatic rings. The molecule has 0 radical (unpaired) electrons. The van der Waals surface area contributed by atoms with E-state index in [-0.39, 0.29) is 5.69 Å². The lowest BCUT2D eigenvalue weighted by atomic mass is 10.1. The SMILES string of the molecule is CS(=O)(=O)c1cc(F)c(-c2cc(C(F)F)nn2-c2ccc(C(F)(F)F)cc2)cc1F. The minimum Gasteiger partial charge on any atom is -0.233 e. The molecule has 12 heteroatoms. The summed E-state index contributed by atoms with van der Waals surface area (Å²) < 4.78 is 117. The zero-order valence-electron chi connectivity index (χ0n) is 14.9. The molecule has 0 unspecified atom stereocenters. The Bertz CT molecular complexity index is 1200. The first kappa shape index (κ1) is 21.8. The molecule has 160 valence electrons. The van der Waals surface area contributed by atoms with Gasteiger partial charge >= 0.3 is 6.18 Å². The molecular weight excluding hydrogens is 441 g/mol. The minimum absolute atomic E-state index is 0.128. The van der Waals surface area contributed by atoms with Gasteiger partial charge in [-0.1, -0.05) is 0 Å². The third kappa shape index (κ3) is 4.18. The number of benzene rings is 2. The quantitative estimate of drug-likeness (QED) is 0.513. The molecule has 0 atom stereocenters. The lowest BCUT2D eigenvalue weighted by molar-refractivity contribution is -0.137. The van der Waals surface area contributed by atoms with Crippen molar-refractivity contribution in [2.24, 2.45) is 0 Å². The van der Waals surface area contributed by atoms with E-state index in [1.807, 2.05) is 0 Å². The van der Waals surface area contributed by atoms with Crippen LogP contribution in [-0.2, 0) is 16.0 Å². The fourth-order valence-electron chi connectivity index (χ4n) is 2.70. The Labute approximate surface area is 165 Å². The molecule has 0 N–H and O–H groups in total. The number of alkyl halides is 5. The van der Waals surface area contributed by atoms with Crippen LogP contribution in [0.2, 0.25) is 0 Å². The van der Waals surface area contributed by atoms with E-state index in [4.69, 9.17) is 0 Å². The van der Waals surface area contributed by atoms with Gasteiger partial charge in [-0.05, 0) is 42.5 Å². The number of nitrogens with zero attached hydrogens (tertiary/aromatic N) is 2. The molecule has 0 fully saturated rings. The monoisotopic (exact) mass is 452 g/mol. The predicted octanol–water partition coefficient (Wildman–Crippen LogP) is 5.18. The van der Waals surface area contributed by atoms with Gasteiger partial charge in [0.15, 0.2) is 9.84 Å². The zero-order chi connectivity index (χ0) is 22.4. The average molecular weight is 452 g/mol. The number of aromatic nitrogens is 2. The second kappa shape index (κ2) is 7.42. The highest BCUT2D eigenvalue weighted by Gasteiger charge is 2.30. The van der Waals surface area contributed by atoms with Gasteiger partial charge in [-0.15, -0.1) is 0 Å². The Kier molecular flexibility index (Phi) is 5.39. The number of sulfone groups is 1. The van der Waals surface area contributed by atoms with Crippen molar-refractivity contribution in [1.29, 1.82) is 0 Å². The van der Waals surface area contributed by atoms with Crippen molar-refractivity contribution in [3.05, 3.63) is 65.4 Å². The number of halogens is 7. The van der Waals surface area contributed by atoms with E-state index in [0.29, 0.717) is 30.5 Å². The van der Waals surface area contributed by atoms with Crippen LogP contribution < -0.4 is 0 Å². The van der Waals surface area contributed by atoms with Crippen LogP contribution in [0.1, 0.15) is 17.7 Å². The van der Waals surface area contributed by atoms with Gasteiger partial charge < -0.3 is 0 Å². The maximum atomic E-state index is 14.6. The number of rotatable bonds is 4. The third-order valence-electron chi connectivity index (χ3n) is 4.09. The summed E-state index contributed by atoms with van der Waals surface area (Å²) in [6, 6.07) is 4.82. The van der Waals surface area contributed by atoms with Crippen LogP contribution in [0.5, 0.6) is 0 Å². The van der Waals surface area contributed by atoms with Crippen molar-refractivity contribution in [3.8, 4) is 16.9 Å². The molecule has 0 bridgehead atoms. The summed E-state index contributed by atoms with van der Waals surface area (Å²) >= 11 is 0. The van der Waals surface area contributed by atoms with Gasteiger partial charge in [-0.25, -0.2) is 30.7 Å². The topological polar surface area (TPSA) is 52.0 Å². The second-order valence-corrected chi connectivity index (χ2v) is 8.23. The van der Waals surface area contributed by atoms with E-state index < -0.39 is 61.5 Å². The van der Waals surface area contributed by atoms with Crippen molar-refractivity contribution in [3.63, 3.8) is 0 Å². The van der Waals surface area contributed by atoms with Crippen LogP contribution in [0.15, 0.2) is 47.4 Å². The van der Waals surface area contributed by atoms with Crippen LogP contribution in [0, 0.1) is 11.6 Å². The Hall–Kier alpha value is -2.89. The summed E-state index contributed by atoms with van der Waals surface area (Å²) in [6.45, 7) is 0. The number of hydrogen-bond acceptors (Lipinski definition) is 3. The van der Waals surface area contributed by atoms with Crippen molar-refractivity contribution < 1.29 is 39.2 Å². The Morgan fingerprint density at radius 1 is 0.967 bits per heavy atom. The maximum Gasteiger partial charge on any atom is 0.416 e. The van der Waals surface area contributed by atoms with E-state index >= 15 is 0 Å². The smallest absolute Gasteiger partial charge is 0.233 e. The molecule has 0 saturated heterocycles. The molecule has 1 heterocycles. The average Bonchev–Trinajstić information content (AvgIpc) is 3.07. The lowest BCUT2D eigenvalue weighted by Gasteiger charge is -2.12. The molecule has 30 heavy (non-hydrogen) atoms. The van der Waals surface area contributed by atoms with Crippen LogP contribution in [0.3, 0.4) is 0 Å². The molecule has 0 amide bonds. The summed E-state index contributed by atoms with van der Waals surface area (Å²) in [6.07, 6.45) is -7.09. The molecule has 0 aliphatic heterocycles. The van der Waals surface area contributed by atoms with Gasteiger partial charge in [0.25, 0.3) is 6.43 Å². The van der Waals surface area contributed by atoms with Crippen molar-refractivity contribution in [2.45, 2.75) is 17.5 Å². The first-order valence-electron chi connectivity index (χ1n) is 8.04. The normalized spacial score (nSPS) is 12.6. The van der Waals surface area contributed by atoms with Gasteiger partial charge in [0.1, 0.15) is 22.2 Å². The maximum absolute atomic E-state index is 14.6. The Balaban J connectivity index is 2.21. The molecular formula is C18H11F7N2O2S. The summed E-state index contributed by atoms with van der Waals surface area (Å²) in [4.78, 5) is -0.932. The van der Waals surface area contributed by atoms with Crippen molar-refractivity contribution >= 4 is 9.84 Å². The highest BCUT2D eigenvalue weighted by Crippen LogP contribution is 2.34. The molecule has 2 aromatic carbocycles. The van der Waals surface area contributed by atoms with E-state index in [1.54, 1.807) is 0 Å². The van der Waals surface area contributed by atoms with E-state index in [0.717, 1.165) is 22.9 Å². The van der Waals surface area contributed by atoms with Crippen LogP contribution in [0.25, 0.3) is 16.9 Å². The molecule has 0 saturated carbocycles. The standard InChI is InChI=1S/C18H11F7N2O2S/c1-30(28,29)16-7-12(19)11(6-13(16)20)15-8-14(17(21)22)26-27(15)10-4-2-9(3-5-10)18(23,24)25/h2-8,17H,1H3. The van der Waals surface area contributed by atoms with Crippen molar-refractivity contribution in [1.82, 2.24) is 9.78 Å². The van der Waals surface area contributed by atoms with Crippen LogP contribution in [0.4, 0.5) is 30.7 Å². The zero-order valence-corrected chi connectivity index (χ0v) is 15.7. The second-order valence-electron chi connectivity index (χ2n) is 6.25. The predicted molar refractivity (Wildman–Crippen MR) is 92.0 cm³/mol. The Morgan fingerprint density at radius 2 is 1.57 bits per heavy atom. The summed E-state index contributed by atoms with van der Waals surface area (Å²) in [7, 11) is -4.11. The fourth-order valence-corrected chi connectivity index (χ4v) is 3.43. The Morgan fingerprint density at radius 3 is 2.07 bits per heavy atom. The highest BCUT2D eigenvalue weighted by atomic mass is 32.2. The van der Waals surface area contributed by atoms with Crippen LogP contribution >= 0.6 is 0 Å². The highest BCUT2D eigenvalue weighted by molar-refractivity contribution is 7.90. The summed E-state index contributed by atoms with van der Waals surface area (Å²) in [5, 5.41) is 3.57. The van der Waals surface area contributed by atoms with Gasteiger partial charge in [-0.2, -0.15) is 18.3 Å². The minimum atomic E-state index is -4.64. The molecule has 1 aromatic heterocycles. The molecule has 4 nitrogen and oxygen atoms in total. The van der Waals surface area contributed by atoms with Crippen molar-refractivity contribution in [2.75, 3.05) is 6.26 Å². The first-order chi connectivity index (χ1) is 13.8. The fraction of sp³-hybridized carbons (Fsp3) is 0.167. The third-order valence-corrected chi connectivity index (χ3v) is 5.20. The first-order valence-corrected chi connectivity index (χ1v) is 9.93. The summed E-state index contributed by atoms with van der Waals surface area (Å²) in [5.41, 5.74) is -2.97. The van der Waals surface area contributed by atoms with Gasteiger partial charge in [0.05, 0.1) is 16.9 Å². The number of hydrogen-bond donors (Lipinski definition) is 0. The molecule has 3 rings (SSSR count). The van der Waals surface area contributed by atoms with Crippen LogP contribution in [-0.4, -0.2) is 24.5 Å². The van der Waals surface area contributed by atoms with Gasteiger partial charge in [-0.3, -0.25) is 0 Å². The summed E-state index contributed by atoms with van der Waals surface area (Å²) in [5.74, 6) is -2.57. The van der Waals surface area contributed by atoms with Gasteiger partial charge in [0.2, 0.25) is 0 Å². The molecule has 0 spiro atoms. The largest absolute Gasteiger partial charge is 0.416 e. The molecule has 0 aliphatic rings. The van der Waals surface area contributed by atoms with Gasteiger partial charge in [0, 0.05) is 11.8 Å².